The topological polar surface area (TPSA) is 40.1 Å². The molecule has 0 aromatic heterocycles. The molecule has 5 nitrogen and oxygen atoms in total. The van der Waals surface area contributed by atoms with E-state index in [2.05, 4.69) is 36.0 Å². The first-order valence-corrected chi connectivity index (χ1v) is 9.13. The first-order chi connectivity index (χ1) is 11.6. The van der Waals surface area contributed by atoms with Gasteiger partial charge in [0.2, 0.25) is 0 Å². The van der Waals surface area contributed by atoms with Crippen molar-refractivity contribution in [3.63, 3.8) is 0 Å². The average molecular weight is 401 g/mol. The third kappa shape index (κ3) is 5.72. The Morgan fingerprint density at radius 2 is 2.08 bits per heavy atom. The van der Waals surface area contributed by atoms with Crippen LogP contribution in [0.1, 0.15) is 12.5 Å². The lowest BCUT2D eigenvalue weighted by Crippen LogP contribution is -2.52. The summed E-state index contributed by atoms with van der Waals surface area (Å²) in [6, 6.07) is 5.34. The molecule has 0 saturated carbocycles. The molecule has 0 aliphatic carbocycles. The standard InChI is InChI=1S/C17H26BrFN4O/c1-3-24-11-6-21-17(20-2)23-9-7-22(8-10-23)13-14-4-5-15(18)16(19)12-14/h4-5,12H,3,6-11,13H2,1-2H3,(H,20,21). The van der Waals surface area contributed by atoms with Crippen molar-refractivity contribution in [3.8, 4) is 0 Å². The highest BCUT2D eigenvalue weighted by Crippen LogP contribution is 2.18. The second-order valence-electron chi connectivity index (χ2n) is 5.68. The zero-order valence-corrected chi connectivity index (χ0v) is 16.0. The maximum atomic E-state index is 13.6. The van der Waals surface area contributed by atoms with Crippen molar-refractivity contribution >= 4 is 21.9 Å². The molecule has 1 aliphatic heterocycles. The Kier molecular flexibility index (Phi) is 7.94. The van der Waals surface area contributed by atoms with Crippen LogP contribution in [-0.4, -0.2) is 68.7 Å². The Bertz CT molecular complexity index is 547. The zero-order valence-electron chi connectivity index (χ0n) is 14.4. The first kappa shape index (κ1) is 19.1. The van der Waals surface area contributed by atoms with E-state index in [1.165, 1.54) is 0 Å². The third-order valence-electron chi connectivity index (χ3n) is 4.01. The fourth-order valence-corrected chi connectivity index (χ4v) is 2.97. The Morgan fingerprint density at radius 3 is 2.71 bits per heavy atom. The minimum Gasteiger partial charge on any atom is -0.380 e. The predicted octanol–water partition coefficient (Wildman–Crippen LogP) is 2.32. The predicted molar refractivity (Wildman–Crippen MR) is 98.8 cm³/mol. The molecule has 0 unspecified atom stereocenters. The molecule has 7 heteroatoms. The summed E-state index contributed by atoms with van der Waals surface area (Å²) in [6.07, 6.45) is 0. The van der Waals surface area contributed by atoms with Crippen LogP contribution in [0.25, 0.3) is 0 Å². The third-order valence-corrected chi connectivity index (χ3v) is 4.65. The highest BCUT2D eigenvalue weighted by Gasteiger charge is 2.19. The van der Waals surface area contributed by atoms with E-state index in [1.54, 1.807) is 19.2 Å². The summed E-state index contributed by atoms with van der Waals surface area (Å²) in [5.74, 6) is 0.717. The summed E-state index contributed by atoms with van der Waals surface area (Å²) in [5.41, 5.74) is 1.00. The van der Waals surface area contributed by atoms with Gasteiger partial charge in [-0.2, -0.15) is 0 Å². The van der Waals surface area contributed by atoms with Crippen molar-refractivity contribution in [1.82, 2.24) is 15.1 Å². The number of piperazine rings is 1. The molecule has 0 atom stereocenters. The molecule has 0 bridgehead atoms. The van der Waals surface area contributed by atoms with Gasteiger partial charge in [0.1, 0.15) is 5.82 Å². The summed E-state index contributed by atoms with van der Waals surface area (Å²) in [4.78, 5) is 8.94. The molecule has 0 spiro atoms. The highest BCUT2D eigenvalue weighted by atomic mass is 79.9. The highest BCUT2D eigenvalue weighted by molar-refractivity contribution is 9.10. The number of guanidine groups is 1. The van der Waals surface area contributed by atoms with Gasteiger partial charge in [-0.15, -0.1) is 0 Å². The minimum absolute atomic E-state index is 0.204. The van der Waals surface area contributed by atoms with Crippen LogP contribution in [0.5, 0.6) is 0 Å². The lowest BCUT2D eigenvalue weighted by molar-refractivity contribution is 0.149. The number of hydrogen-bond acceptors (Lipinski definition) is 3. The summed E-state index contributed by atoms with van der Waals surface area (Å²) in [5, 5.41) is 3.33. The number of hydrogen-bond donors (Lipinski definition) is 1. The second-order valence-corrected chi connectivity index (χ2v) is 6.54. The van der Waals surface area contributed by atoms with Gasteiger partial charge in [-0.1, -0.05) is 6.07 Å². The molecular weight excluding hydrogens is 375 g/mol. The molecule has 1 N–H and O–H groups in total. The molecule has 0 radical (unpaired) electrons. The smallest absolute Gasteiger partial charge is 0.193 e. The Morgan fingerprint density at radius 1 is 1.33 bits per heavy atom. The van der Waals surface area contributed by atoms with Gasteiger partial charge in [0.15, 0.2) is 5.96 Å². The Labute approximate surface area is 152 Å². The van der Waals surface area contributed by atoms with Crippen molar-refractivity contribution < 1.29 is 9.13 Å². The van der Waals surface area contributed by atoms with E-state index in [0.717, 1.165) is 57.4 Å². The monoisotopic (exact) mass is 400 g/mol. The number of halogens is 2. The van der Waals surface area contributed by atoms with E-state index in [9.17, 15) is 4.39 Å². The average Bonchev–Trinajstić information content (AvgIpc) is 2.59. The van der Waals surface area contributed by atoms with E-state index < -0.39 is 0 Å². The van der Waals surface area contributed by atoms with Crippen LogP contribution < -0.4 is 5.32 Å². The van der Waals surface area contributed by atoms with E-state index in [0.29, 0.717) is 11.1 Å². The van der Waals surface area contributed by atoms with Gasteiger partial charge in [0, 0.05) is 52.9 Å². The van der Waals surface area contributed by atoms with E-state index in [4.69, 9.17) is 4.74 Å². The van der Waals surface area contributed by atoms with Crippen LogP contribution in [0, 0.1) is 5.82 Å². The maximum absolute atomic E-state index is 13.6. The van der Waals surface area contributed by atoms with Crippen LogP contribution in [0.15, 0.2) is 27.7 Å². The summed E-state index contributed by atoms with van der Waals surface area (Å²) >= 11 is 3.19. The fraction of sp³-hybridized carbons (Fsp3) is 0.588. The Balaban J connectivity index is 1.78. The van der Waals surface area contributed by atoms with Gasteiger partial charge >= 0.3 is 0 Å². The normalized spacial score (nSPS) is 16.5. The van der Waals surface area contributed by atoms with Crippen LogP contribution in [0.3, 0.4) is 0 Å². The molecule has 1 saturated heterocycles. The molecule has 134 valence electrons. The van der Waals surface area contributed by atoms with Gasteiger partial charge in [-0.25, -0.2) is 4.39 Å². The van der Waals surface area contributed by atoms with Crippen molar-refractivity contribution in [2.24, 2.45) is 4.99 Å². The van der Waals surface area contributed by atoms with Crippen LogP contribution >= 0.6 is 15.9 Å². The van der Waals surface area contributed by atoms with Crippen molar-refractivity contribution in [2.45, 2.75) is 13.5 Å². The van der Waals surface area contributed by atoms with E-state index >= 15 is 0 Å². The fourth-order valence-electron chi connectivity index (χ4n) is 2.73. The second kappa shape index (κ2) is 9.96. The summed E-state index contributed by atoms with van der Waals surface area (Å²) in [7, 11) is 1.81. The number of ether oxygens (including phenoxy) is 1. The molecule has 0 amide bonds. The summed E-state index contributed by atoms with van der Waals surface area (Å²) < 4.78 is 19.5. The number of nitrogens with one attached hydrogen (secondary N) is 1. The van der Waals surface area contributed by atoms with Gasteiger partial charge in [-0.05, 0) is 40.5 Å². The number of aliphatic imine (C=N–C) groups is 1. The lowest BCUT2D eigenvalue weighted by Gasteiger charge is -2.36. The molecule has 1 aromatic rings. The van der Waals surface area contributed by atoms with Crippen LogP contribution in [-0.2, 0) is 11.3 Å². The van der Waals surface area contributed by atoms with Crippen molar-refractivity contribution in [1.29, 1.82) is 0 Å². The molecule has 1 fully saturated rings. The molecule has 24 heavy (non-hydrogen) atoms. The van der Waals surface area contributed by atoms with Gasteiger partial charge < -0.3 is 15.0 Å². The largest absolute Gasteiger partial charge is 0.380 e. The summed E-state index contributed by atoms with van der Waals surface area (Å²) in [6.45, 7) is 8.63. The molecule has 1 aliphatic rings. The van der Waals surface area contributed by atoms with Crippen LogP contribution in [0.4, 0.5) is 4.39 Å². The van der Waals surface area contributed by atoms with Crippen molar-refractivity contribution in [3.05, 3.63) is 34.1 Å². The van der Waals surface area contributed by atoms with Gasteiger partial charge in [-0.3, -0.25) is 9.89 Å². The van der Waals surface area contributed by atoms with Gasteiger partial charge in [0.05, 0.1) is 11.1 Å². The zero-order chi connectivity index (χ0) is 17.4. The quantitative estimate of drug-likeness (QED) is 0.451. The van der Waals surface area contributed by atoms with E-state index in [1.807, 2.05) is 13.0 Å². The first-order valence-electron chi connectivity index (χ1n) is 8.33. The van der Waals surface area contributed by atoms with Crippen molar-refractivity contribution in [2.75, 3.05) is 53.0 Å². The number of rotatable bonds is 6. The molecule has 1 aromatic carbocycles. The van der Waals surface area contributed by atoms with Gasteiger partial charge in [0.25, 0.3) is 0 Å². The minimum atomic E-state index is -0.204. The molecule has 1 heterocycles. The lowest BCUT2D eigenvalue weighted by atomic mass is 10.2. The SMILES string of the molecule is CCOCCNC(=NC)N1CCN(Cc2ccc(Br)c(F)c2)CC1. The molecule has 2 rings (SSSR count). The number of benzene rings is 1. The van der Waals surface area contributed by atoms with Crippen LogP contribution in [0.2, 0.25) is 0 Å². The van der Waals surface area contributed by atoms with E-state index in [-0.39, 0.29) is 5.82 Å². The Hall–Kier alpha value is -1.18. The maximum Gasteiger partial charge on any atom is 0.193 e. The number of nitrogens with zero attached hydrogens (tertiary/aromatic N) is 3. The molecular formula is C17H26BrFN4O.